The Morgan fingerprint density at radius 3 is 2.75 bits per heavy atom. The summed E-state index contributed by atoms with van der Waals surface area (Å²) in [5.41, 5.74) is 4.61. The predicted octanol–water partition coefficient (Wildman–Crippen LogP) is 2.48. The number of carbonyl (C=O) groups is 1. The summed E-state index contributed by atoms with van der Waals surface area (Å²) in [6.45, 7) is 6.26. The number of benzene rings is 1. The Morgan fingerprint density at radius 2 is 2.19 bits per heavy atom. The summed E-state index contributed by atoms with van der Waals surface area (Å²) in [6.07, 6.45) is -2.47. The van der Waals surface area contributed by atoms with Crippen LogP contribution in [0, 0.1) is 12.3 Å². The third-order valence-corrected chi connectivity index (χ3v) is 2.07. The van der Waals surface area contributed by atoms with Gasteiger partial charge in [0.25, 0.3) is 0 Å². The minimum atomic E-state index is -2.47. The summed E-state index contributed by atoms with van der Waals surface area (Å²) in [7, 11) is 0. The van der Waals surface area contributed by atoms with Gasteiger partial charge in [0.2, 0.25) is 0 Å². The van der Waals surface area contributed by atoms with Crippen molar-refractivity contribution >= 4 is 5.78 Å². The van der Waals surface area contributed by atoms with E-state index in [2.05, 4.69) is 0 Å². The first-order valence-corrected chi connectivity index (χ1v) is 5.11. The molecular formula is C14H21NO. The first kappa shape index (κ1) is 6.55. The first-order chi connectivity index (χ1) is 9.74. The Bertz CT molecular complexity index is 592. The molecule has 0 aliphatic rings. The van der Waals surface area contributed by atoms with Crippen LogP contribution in [0.3, 0.4) is 0 Å². The highest BCUT2D eigenvalue weighted by Gasteiger charge is 2.26. The minimum Gasteiger partial charge on any atom is -0.321 e. The molecule has 1 rings (SSSR count). The molecule has 2 nitrogen and oxygen atoms in total. The Labute approximate surface area is 106 Å². The van der Waals surface area contributed by atoms with Crippen molar-refractivity contribution in [1.29, 1.82) is 0 Å². The summed E-state index contributed by atoms with van der Waals surface area (Å²) in [5, 5.41) is 0. The second-order valence-electron chi connectivity index (χ2n) is 4.74. The van der Waals surface area contributed by atoms with Gasteiger partial charge in [-0.1, -0.05) is 50.5 Å². The lowest BCUT2D eigenvalue weighted by atomic mass is 9.84. The van der Waals surface area contributed by atoms with Gasteiger partial charge in [0, 0.05) is 8.16 Å². The molecule has 0 saturated heterocycles. The molecule has 1 aromatic carbocycles. The lowest BCUT2D eigenvalue weighted by Crippen LogP contribution is -2.40. The second-order valence-corrected chi connectivity index (χ2v) is 4.74. The Hall–Kier alpha value is -1.15. The summed E-state index contributed by atoms with van der Waals surface area (Å²) >= 11 is 0. The van der Waals surface area contributed by atoms with Gasteiger partial charge in [-0.15, -0.1) is 0 Å². The summed E-state index contributed by atoms with van der Waals surface area (Å²) in [6, 6.07) is -3.24. The summed E-state index contributed by atoms with van der Waals surface area (Å²) in [5.74, 6) is -0.532. The van der Waals surface area contributed by atoms with Crippen LogP contribution in [0.2, 0.25) is 0 Å². The van der Waals surface area contributed by atoms with Crippen LogP contribution in [0.5, 0.6) is 0 Å². The molecule has 2 heteroatoms. The molecule has 1 atom stereocenters. The number of rotatable bonds is 3. The minimum absolute atomic E-state index is 0.0929. The van der Waals surface area contributed by atoms with E-state index >= 15 is 0 Å². The van der Waals surface area contributed by atoms with E-state index in [9.17, 15) is 4.79 Å². The maximum atomic E-state index is 12.3. The van der Waals surface area contributed by atoms with Crippen LogP contribution in [0.4, 0.5) is 0 Å². The molecule has 2 N–H and O–H groups in total. The van der Waals surface area contributed by atoms with Crippen molar-refractivity contribution in [2.24, 2.45) is 11.1 Å². The second kappa shape index (κ2) is 4.79. The van der Waals surface area contributed by atoms with Gasteiger partial charge >= 0.3 is 0 Å². The molecule has 0 heterocycles. The largest absolute Gasteiger partial charge is 0.321 e. The lowest BCUT2D eigenvalue weighted by Gasteiger charge is -2.21. The van der Waals surface area contributed by atoms with Crippen molar-refractivity contribution in [3.8, 4) is 0 Å². The highest BCUT2D eigenvalue weighted by atomic mass is 16.1. The van der Waals surface area contributed by atoms with E-state index in [4.69, 9.17) is 14.0 Å². The first-order valence-electron chi connectivity index (χ1n) is 8.11. The Kier molecular flexibility index (Phi) is 1.96. The monoisotopic (exact) mass is 225 g/mol. The zero-order chi connectivity index (χ0) is 17.6. The fraction of sp³-hybridized carbons (Fsp3) is 0.500. The van der Waals surface area contributed by atoms with Gasteiger partial charge in [0.05, 0.1) is 11.5 Å². The molecular weight excluding hydrogens is 198 g/mol. The zero-order valence-corrected chi connectivity index (χ0v) is 10.1. The van der Waals surface area contributed by atoms with Crippen LogP contribution in [-0.2, 0) is 11.2 Å². The average molecular weight is 225 g/mol. The van der Waals surface area contributed by atoms with Crippen molar-refractivity contribution in [1.82, 2.24) is 0 Å². The fourth-order valence-electron chi connectivity index (χ4n) is 1.20. The fourth-order valence-corrected chi connectivity index (χ4v) is 1.20. The van der Waals surface area contributed by atoms with Crippen LogP contribution < -0.4 is 5.73 Å². The van der Waals surface area contributed by atoms with E-state index in [-0.39, 0.29) is 17.6 Å². The SMILES string of the molecule is [2H]c1c([2H])c(C)c([2H])c(C([2H])([2H])[C@H](N)C(=O)C(C)(C)C)c1[2H]. The molecule has 0 aromatic heterocycles. The number of hydrogen-bond acceptors (Lipinski definition) is 2. The van der Waals surface area contributed by atoms with Gasteiger partial charge < -0.3 is 5.73 Å². The van der Waals surface area contributed by atoms with Crippen molar-refractivity contribution in [3.05, 3.63) is 35.3 Å². The lowest BCUT2D eigenvalue weighted by molar-refractivity contribution is -0.127. The number of Topliss-reactive ketones (excluding diaryl/α,β-unsaturated/α-hetero) is 1. The number of nitrogens with two attached hydrogens (primary N) is 1. The van der Waals surface area contributed by atoms with E-state index in [1.165, 1.54) is 6.92 Å². The molecule has 0 saturated carbocycles. The van der Waals surface area contributed by atoms with Crippen molar-refractivity contribution in [2.45, 2.75) is 40.1 Å². The van der Waals surface area contributed by atoms with E-state index < -0.39 is 41.3 Å². The molecule has 0 spiro atoms. The van der Waals surface area contributed by atoms with E-state index in [0.717, 1.165) is 0 Å². The molecule has 0 fully saturated rings. The molecule has 0 unspecified atom stereocenters. The predicted molar refractivity (Wildman–Crippen MR) is 67.3 cm³/mol. The third-order valence-electron chi connectivity index (χ3n) is 2.07. The normalized spacial score (nSPS) is 19.8. The van der Waals surface area contributed by atoms with Crippen LogP contribution in [0.25, 0.3) is 0 Å². The zero-order valence-electron chi connectivity index (χ0n) is 16.1. The van der Waals surface area contributed by atoms with Crippen LogP contribution in [0.15, 0.2) is 24.2 Å². The highest BCUT2D eigenvalue weighted by molar-refractivity contribution is 5.88. The van der Waals surface area contributed by atoms with E-state index in [0.29, 0.717) is 0 Å². The molecule has 0 aliphatic heterocycles. The van der Waals surface area contributed by atoms with Crippen LogP contribution in [-0.4, -0.2) is 11.8 Å². The Morgan fingerprint density at radius 1 is 1.56 bits per heavy atom. The van der Waals surface area contributed by atoms with Crippen molar-refractivity contribution in [2.75, 3.05) is 0 Å². The molecule has 1 aromatic rings. The standard InChI is InChI=1S/C14H21NO/c1-10-6-5-7-11(8-10)9-12(15)13(16)14(2,3)4/h5-8,12H,9,15H2,1-4H3/t12-/m0/s1/i5D,6D,7D,8D,9D2. The highest BCUT2D eigenvalue weighted by Crippen LogP contribution is 2.18. The van der Waals surface area contributed by atoms with Gasteiger partial charge in [0.1, 0.15) is 0 Å². The van der Waals surface area contributed by atoms with Gasteiger partial charge in [-0.2, -0.15) is 0 Å². The molecule has 16 heavy (non-hydrogen) atoms. The summed E-state index contributed by atoms with van der Waals surface area (Å²) < 4.78 is 47.6. The van der Waals surface area contributed by atoms with Crippen LogP contribution >= 0.6 is 0 Å². The number of carbonyl (C=O) groups excluding carboxylic acids is 1. The van der Waals surface area contributed by atoms with Gasteiger partial charge in [0.15, 0.2) is 5.78 Å². The molecule has 0 radical (unpaired) electrons. The van der Waals surface area contributed by atoms with E-state index in [1.54, 1.807) is 20.8 Å². The van der Waals surface area contributed by atoms with Gasteiger partial charge in [-0.05, 0) is 18.9 Å². The van der Waals surface area contributed by atoms with Crippen LogP contribution in [0.1, 0.15) is 40.1 Å². The quantitative estimate of drug-likeness (QED) is 0.858. The maximum absolute atomic E-state index is 12.3. The van der Waals surface area contributed by atoms with Gasteiger partial charge in [-0.3, -0.25) is 4.79 Å². The van der Waals surface area contributed by atoms with Gasteiger partial charge in [-0.25, -0.2) is 0 Å². The average Bonchev–Trinajstić information content (AvgIpc) is 2.40. The topological polar surface area (TPSA) is 43.1 Å². The smallest absolute Gasteiger partial charge is 0.155 e. The molecule has 88 valence electrons. The maximum Gasteiger partial charge on any atom is 0.155 e. The summed E-state index contributed by atoms with van der Waals surface area (Å²) in [4.78, 5) is 12.3. The molecule has 0 aliphatic carbocycles. The number of hydrogen-bond donors (Lipinski definition) is 1. The Balaban J connectivity index is 3.57. The van der Waals surface area contributed by atoms with E-state index in [1.807, 2.05) is 0 Å². The van der Waals surface area contributed by atoms with Crippen molar-refractivity contribution in [3.63, 3.8) is 0 Å². The van der Waals surface area contributed by atoms with Crippen molar-refractivity contribution < 1.29 is 13.0 Å². The third kappa shape index (κ3) is 3.46. The molecule has 0 amide bonds. The molecule has 0 bridgehead atoms. The number of ketones is 1.